The van der Waals surface area contributed by atoms with Gasteiger partial charge in [0.25, 0.3) is 0 Å². The lowest BCUT2D eigenvalue weighted by Gasteiger charge is -2.22. The average molecular weight is 178 g/mol. The number of hydrogen-bond donors (Lipinski definition) is 0. The van der Waals surface area contributed by atoms with Crippen molar-refractivity contribution in [2.24, 2.45) is 23.7 Å². The van der Waals surface area contributed by atoms with Crippen LogP contribution in [0.15, 0.2) is 12.2 Å². The molecule has 70 valence electrons. The maximum absolute atomic E-state index is 11.6. The molecule has 2 aliphatic carbocycles. The van der Waals surface area contributed by atoms with Crippen molar-refractivity contribution in [2.75, 3.05) is 6.61 Å². The van der Waals surface area contributed by atoms with Gasteiger partial charge in [-0.2, -0.15) is 0 Å². The molecule has 0 N–H and O–H groups in total. The molecule has 2 heteroatoms. The molecule has 0 aromatic carbocycles. The Balaban J connectivity index is 1.93. The molecule has 0 aromatic rings. The number of fused-ring (bicyclic) bond motifs is 5. The summed E-state index contributed by atoms with van der Waals surface area (Å²) in [7, 11) is 0. The molecule has 2 fully saturated rings. The molecule has 1 aliphatic heterocycles. The number of hydrogen-bond acceptors (Lipinski definition) is 2. The smallest absolute Gasteiger partial charge is 0.309 e. The minimum absolute atomic E-state index is 0.0688. The van der Waals surface area contributed by atoms with Gasteiger partial charge in [-0.15, -0.1) is 0 Å². The molecule has 1 saturated carbocycles. The fourth-order valence-electron chi connectivity index (χ4n) is 3.26. The van der Waals surface area contributed by atoms with Crippen LogP contribution in [0.3, 0.4) is 0 Å². The van der Waals surface area contributed by atoms with Gasteiger partial charge in [-0.1, -0.05) is 12.2 Å². The van der Waals surface area contributed by atoms with Crippen LogP contribution in [0.1, 0.15) is 19.3 Å². The number of allylic oxidation sites excluding steroid dienone is 2. The fourth-order valence-corrected chi connectivity index (χ4v) is 3.26. The second kappa shape index (κ2) is 2.60. The van der Waals surface area contributed by atoms with Crippen molar-refractivity contribution >= 4 is 5.97 Å². The molecule has 3 aliphatic rings. The van der Waals surface area contributed by atoms with E-state index in [0.717, 1.165) is 6.42 Å². The number of rotatable bonds is 0. The maximum Gasteiger partial charge on any atom is 0.309 e. The van der Waals surface area contributed by atoms with E-state index in [-0.39, 0.29) is 11.9 Å². The zero-order valence-electron chi connectivity index (χ0n) is 7.61. The Hall–Kier alpha value is -0.790. The first-order valence-corrected chi connectivity index (χ1v) is 5.21. The number of carbonyl (C=O) groups excluding carboxylic acids is 1. The Bertz CT molecular complexity index is 269. The first-order chi connectivity index (χ1) is 6.36. The summed E-state index contributed by atoms with van der Waals surface area (Å²) in [6, 6.07) is 0. The highest BCUT2D eigenvalue weighted by molar-refractivity contribution is 5.74. The molecule has 3 rings (SSSR count). The SMILES string of the molecule is O=C1OCCC[C@@H]2[C@H]1[C@@H]1C=C[C@H]2C1. The van der Waals surface area contributed by atoms with Crippen LogP contribution in [0.5, 0.6) is 0 Å². The largest absolute Gasteiger partial charge is 0.465 e. The van der Waals surface area contributed by atoms with E-state index in [0.29, 0.717) is 24.4 Å². The topological polar surface area (TPSA) is 26.3 Å². The van der Waals surface area contributed by atoms with E-state index in [2.05, 4.69) is 12.2 Å². The van der Waals surface area contributed by atoms with E-state index in [1.807, 2.05) is 0 Å². The molecule has 2 nitrogen and oxygen atoms in total. The quantitative estimate of drug-likeness (QED) is 0.417. The van der Waals surface area contributed by atoms with Crippen molar-refractivity contribution in [2.45, 2.75) is 19.3 Å². The molecule has 0 unspecified atom stereocenters. The molecular formula is C11H14O2. The number of esters is 1. The van der Waals surface area contributed by atoms with E-state index >= 15 is 0 Å². The second-order valence-electron chi connectivity index (χ2n) is 4.45. The summed E-state index contributed by atoms with van der Waals surface area (Å²) in [5.41, 5.74) is 0. The summed E-state index contributed by atoms with van der Waals surface area (Å²) >= 11 is 0. The minimum Gasteiger partial charge on any atom is -0.465 e. The summed E-state index contributed by atoms with van der Waals surface area (Å²) in [6.07, 6.45) is 7.97. The Morgan fingerprint density at radius 1 is 1.31 bits per heavy atom. The van der Waals surface area contributed by atoms with Crippen molar-refractivity contribution in [1.29, 1.82) is 0 Å². The van der Waals surface area contributed by atoms with Crippen molar-refractivity contribution in [3.8, 4) is 0 Å². The molecule has 0 spiro atoms. The summed E-state index contributed by atoms with van der Waals surface area (Å²) < 4.78 is 5.20. The second-order valence-corrected chi connectivity index (χ2v) is 4.45. The normalized spacial score (nSPS) is 47.2. The predicted molar refractivity (Wildman–Crippen MR) is 47.9 cm³/mol. The van der Waals surface area contributed by atoms with E-state index in [9.17, 15) is 4.79 Å². The molecule has 0 radical (unpaired) electrons. The Morgan fingerprint density at radius 2 is 2.15 bits per heavy atom. The third kappa shape index (κ3) is 0.976. The Labute approximate surface area is 78.0 Å². The molecule has 2 bridgehead atoms. The Morgan fingerprint density at radius 3 is 3.08 bits per heavy atom. The summed E-state index contributed by atoms with van der Waals surface area (Å²) in [5, 5.41) is 0. The Kier molecular flexibility index (Phi) is 1.52. The highest BCUT2D eigenvalue weighted by Crippen LogP contribution is 2.50. The lowest BCUT2D eigenvalue weighted by molar-refractivity contribution is -0.149. The number of ether oxygens (including phenoxy) is 1. The maximum atomic E-state index is 11.6. The standard InChI is InChI=1S/C11H14O2/c12-11-10-8-4-3-7(6-8)9(10)2-1-5-13-11/h3-4,7-10H,1-2,5-6H2/t7-,8+,9-,10+/m0/s1. The third-order valence-corrected chi connectivity index (χ3v) is 3.82. The van der Waals surface area contributed by atoms with Crippen LogP contribution < -0.4 is 0 Å². The van der Waals surface area contributed by atoms with Crippen LogP contribution in [-0.4, -0.2) is 12.6 Å². The van der Waals surface area contributed by atoms with Gasteiger partial charge in [0.2, 0.25) is 0 Å². The van der Waals surface area contributed by atoms with Gasteiger partial charge in [0.05, 0.1) is 12.5 Å². The van der Waals surface area contributed by atoms with E-state index in [1.165, 1.54) is 12.8 Å². The fraction of sp³-hybridized carbons (Fsp3) is 0.727. The van der Waals surface area contributed by atoms with Gasteiger partial charge >= 0.3 is 5.97 Å². The average Bonchev–Trinajstić information content (AvgIpc) is 2.66. The number of carbonyl (C=O) groups is 1. The molecule has 0 amide bonds. The van der Waals surface area contributed by atoms with Gasteiger partial charge in [-0.25, -0.2) is 0 Å². The molecular weight excluding hydrogens is 164 g/mol. The van der Waals surface area contributed by atoms with Crippen LogP contribution in [0.4, 0.5) is 0 Å². The van der Waals surface area contributed by atoms with Gasteiger partial charge in [-0.3, -0.25) is 4.79 Å². The lowest BCUT2D eigenvalue weighted by Crippen LogP contribution is -2.26. The summed E-state index contributed by atoms with van der Waals surface area (Å²) in [6.45, 7) is 0.644. The van der Waals surface area contributed by atoms with Gasteiger partial charge in [0.1, 0.15) is 0 Å². The first-order valence-electron chi connectivity index (χ1n) is 5.21. The van der Waals surface area contributed by atoms with E-state index in [1.54, 1.807) is 0 Å². The van der Waals surface area contributed by atoms with Gasteiger partial charge in [-0.05, 0) is 37.0 Å². The summed E-state index contributed by atoms with van der Waals surface area (Å²) in [4.78, 5) is 11.6. The van der Waals surface area contributed by atoms with Crippen LogP contribution in [-0.2, 0) is 9.53 Å². The van der Waals surface area contributed by atoms with Crippen LogP contribution in [0.2, 0.25) is 0 Å². The van der Waals surface area contributed by atoms with E-state index in [4.69, 9.17) is 4.74 Å². The molecule has 13 heavy (non-hydrogen) atoms. The number of cyclic esters (lactones) is 1. The van der Waals surface area contributed by atoms with Crippen molar-refractivity contribution in [3.05, 3.63) is 12.2 Å². The monoisotopic (exact) mass is 178 g/mol. The molecule has 1 saturated heterocycles. The van der Waals surface area contributed by atoms with Crippen molar-refractivity contribution in [3.63, 3.8) is 0 Å². The lowest BCUT2D eigenvalue weighted by atomic mass is 9.81. The van der Waals surface area contributed by atoms with Gasteiger partial charge in [0.15, 0.2) is 0 Å². The zero-order chi connectivity index (χ0) is 8.84. The highest BCUT2D eigenvalue weighted by atomic mass is 16.5. The predicted octanol–water partition coefficient (Wildman–Crippen LogP) is 1.76. The van der Waals surface area contributed by atoms with Gasteiger partial charge in [0, 0.05) is 0 Å². The highest BCUT2D eigenvalue weighted by Gasteiger charge is 2.49. The minimum atomic E-state index is 0.0688. The summed E-state index contributed by atoms with van der Waals surface area (Å²) in [5.74, 6) is 2.06. The van der Waals surface area contributed by atoms with Crippen molar-refractivity contribution in [1.82, 2.24) is 0 Å². The van der Waals surface area contributed by atoms with Crippen molar-refractivity contribution < 1.29 is 9.53 Å². The van der Waals surface area contributed by atoms with Crippen LogP contribution in [0.25, 0.3) is 0 Å². The van der Waals surface area contributed by atoms with Crippen LogP contribution >= 0.6 is 0 Å². The van der Waals surface area contributed by atoms with Gasteiger partial charge < -0.3 is 4.74 Å². The molecule has 4 atom stereocenters. The van der Waals surface area contributed by atoms with Crippen LogP contribution in [0, 0.1) is 23.7 Å². The third-order valence-electron chi connectivity index (χ3n) is 3.82. The zero-order valence-corrected chi connectivity index (χ0v) is 7.61. The molecule has 1 heterocycles. The van der Waals surface area contributed by atoms with E-state index < -0.39 is 0 Å². The molecule has 0 aromatic heterocycles. The first kappa shape index (κ1) is 7.60.